The van der Waals surface area contributed by atoms with Crippen LogP contribution in [-0.2, 0) is 4.43 Å². The van der Waals surface area contributed by atoms with Crippen molar-refractivity contribution in [3.05, 3.63) is 12.2 Å². The molecule has 94 valence electrons. The van der Waals surface area contributed by atoms with Gasteiger partial charge in [0, 0.05) is 0 Å². The first kappa shape index (κ1) is 14.0. The smallest absolute Gasteiger partial charge is 0.192 e. The lowest BCUT2D eigenvalue weighted by Gasteiger charge is -2.39. The van der Waals surface area contributed by atoms with Crippen LogP contribution >= 0.6 is 0 Å². The van der Waals surface area contributed by atoms with Gasteiger partial charge in [-0.15, -0.1) is 0 Å². The summed E-state index contributed by atoms with van der Waals surface area (Å²) in [5, 5.41) is 0.323. The van der Waals surface area contributed by atoms with Crippen LogP contribution in [0.2, 0.25) is 18.1 Å². The van der Waals surface area contributed by atoms with E-state index in [9.17, 15) is 0 Å². The van der Waals surface area contributed by atoms with Crippen molar-refractivity contribution in [3.8, 4) is 0 Å². The molecule has 0 amide bonds. The van der Waals surface area contributed by atoms with Crippen LogP contribution in [0.3, 0.4) is 0 Å². The monoisotopic (exact) mass is 240 g/mol. The molecule has 1 rings (SSSR count). The van der Waals surface area contributed by atoms with Crippen LogP contribution in [0.5, 0.6) is 0 Å². The lowest BCUT2D eigenvalue weighted by atomic mass is 10.0. The summed E-state index contributed by atoms with van der Waals surface area (Å²) in [6, 6.07) is 0. The first-order valence-electron chi connectivity index (χ1n) is 6.67. The molecule has 1 unspecified atom stereocenters. The predicted molar refractivity (Wildman–Crippen MR) is 74.3 cm³/mol. The van der Waals surface area contributed by atoms with Gasteiger partial charge in [0.15, 0.2) is 8.32 Å². The maximum absolute atomic E-state index is 6.43. The molecule has 0 aliphatic heterocycles. The molecule has 0 saturated carbocycles. The Morgan fingerprint density at radius 2 is 1.81 bits per heavy atom. The van der Waals surface area contributed by atoms with Gasteiger partial charge in [-0.2, -0.15) is 0 Å². The molecule has 0 saturated heterocycles. The van der Waals surface area contributed by atoms with E-state index in [1.54, 1.807) is 0 Å². The Bertz CT molecular complexity index is 238. The van der Waals surface area contributed by atoms with Crippen LogP contribution in [0.4, 0.5) is 0 Å². The van der Waals surface area contributed by atoms with Crippen LogP contribution in [0.15, 0.2) is 12.2 Å². The maximum atomic E-state index is 6.43. The third kappa shape index (κ3) is 4.06. The molecule has 0 heterocycles. The highest BCUT2D eigenvalue weighted by Gasteiger charge is 2.38. The average molecular weight is 240 g/mol. The van der Waals surface area contributed by atoms with Gasteiger partial charge in [0.25, 0.3) is 0 Å². The Labute approximate surface area is 102 Å². The second kappa shape index (κ2) is 5.50. The van der Waals surface area contributed by atoms with Crippen LogP contribution in [0, 0.1) is 0 Å². The van der Waals surface area contributed by atoms with Gasteiger partial charge >= 0.3 is 0 Å². The number of hydrogen-bond acceptors (Lipinski definition) is 1. The third-order valence-corrected chi connectivity index (χ3v) is 8.47. The van der Waals surface area contributed by atoms with Gasteiger partial charge in [0.2, 0.25) is 0 Å². The molecule has 0 spiro atoms. The molecule has 1 aliphatic rings. The minimum absolute atomic E-state index is 0.323. The van der Waals surface area contributed by atoms with Crippen molar-refractivity contribution < 1.29 is 4.43 Å². The quantitative estimate of drug-likeness (QED) is 0.493. The van der Waals surface area contributed by atoms with E-state index in [0.29, 0.717) is 11.1 Å². The topological polar surface area (TPSA) is 9.23 Å². The largest absolute Gasteiger partial charge is 0.411 e. The van der Waals surface area contributed by atoms with Crippen molar-refractivity contribution >= 4 is 8.32 Å². The molecule has 1 aliphatic carbocycles. The lowest BCUT2D eigenvalue weighted by molar-refractivity contribution is 0.209. The van der Waals surface area contributed by atoms with E-state index in [1.807, 2.05) is 0 Å². The summed E-state index contributed by atoms with van der Waals surface area (Å²) in [7, 11) is -1.58. The summed E-state index contributed by atoms with van der Waals surface area (Å²) in [6.07, 6.45) is 11.5. The minimum Gasteiger partial charge on any atom is -0.411 e. The van der Waals surface area contributed by atoms with Gasteiger partial charge in [-0.25, -0.2) is 0 Å². The molecule has 0 bridgehead atoms. The second-order valence-electron chi connectivity index (χ2n) is 6.48. The number of rotatable bonds is 2. The van der Waals surface area contributed by atoms with Crippen LogP contribution in [-0.4, -0.2) is 14.4 Å². The Kier molecular flexibility index (Phi) is 4.81. The highest BCUT2D eigenvalue weighted by atomic mass is 28.4. The van der Waals surface area contributed by atoms with Crippen molar-refractivity contribution in [2.45, 2.75) is 77.1 Å². The highest BCUT2D eigenvalue weighted by Crippen LogP contribution is 2.38. The fourth-order valence-corrected chi connectivity index (χ4v) is 3.09. The van der Waals surface area contributed by atoms with E-state index in [2.05, 4.69) is 46.0 Å². The van der Waals surface area contributed by atoms with E-state index < -0.39 is 8.32 Å². The van der Waals surface area contributed by atoms with Gasteiger partial charge in [-0.05, 0) is 37.4 Å². The standard InChI is InChI=1S/C14H28OSi/c1-14(2,3)16(4,5)15-13-11-9-7-6-8-10-12-13/h9,11,13H,6-8,10,12H2,1-5H3/b11-9-. The predicted octanol–water partition coefficient (Wildman–Crippen LogP) is 4.90. The van der Waals surface area contributed by atoms with Crippen molar-refractivity contribution in [1.29, 1.82) is 0 Å². The van der Waals surface area contributed by atoms with Crippen LogP contribution in [0.25, 0.3) is 0 Å². The van der Waals surface area contributed by atoms with E-state index in [4.69, 9.17) is 4.43 Å². The van der Waals surface area contributed by atoms with E-state index in [1.165, 1.54) is 32.1 Å². The van der Waals surface area contributed by atoms with E-state index in [0.717, 1.165) is 0 Å². The van der Waals surface area contributed by atoms with Crippen molar-refractivity contribution in [2.24, 2.45) is 0 Å². The number of allylic oxidation sites excluding steroid dienone is 1. The molecule has 0 aromatic carbocycles. The summed E-state index contributed by atoms with van der Waals surface area (Å²) in [6.45, 7) is 11.6. The molecule has 16 heavy (non-hydrogen) atoms. The molecule has 0 aromatic heterocycles. The fourth-order valence-electron chi connectivity index (χ4n) is 1.78. The van der Waals surface area contributed by atoms with Gasteiger partial charge < -0.3 is 4.43 Å². The Hall–Kier alpha value is -0.0831. The average Bonchev–Trinajstić information content (AvgIpc) is 2.07. The zero-order valence-corrected chi connectivity index (χ0v) is 12.7. The molecular formula is C14H28OSi. The summed E-state index contributed by atoms with van der Waals surface area (Å²) in [5.41, 5.74) is 0. The lowest BCUT2D eigenvalue weighted by Crippen LogP contribution is -2.43. The normalized spacial score (nSPS) is 25.9. The van der Waals surface area contributed by atoms with E-state index in [-0.39, 0.29) is 0 Å². The van der Waals surface area contributed by atoms with Gasteiger partial charge in [0.05, 0.1) is 6.10 Å². The summed E-state index contributed by atoms with van der Waals surface area (Å²) >= 11 is 0. The second-order valence-corrected chi connectivity index (χ2v) is 11.2. The fraction of sp³-hybridized carbons (Fsp3) is 0.857. The molecule has 2 heteroatoms. The van der Waals surface area contributed by atoms with Gasteiger partial charge in [-0.1, -0.05) is 45.8 Å². The maximum Gasteiger partial charge on any atom is 0.192 e. The summed E-state index contributed by atoms with van der Waals surface area (Å²) in [5.74, 6) is 0. The Morgan fingerprint density at radius 1 is 1.12 bits per heavy atom. The van der Waals surface area contributed by atoms with Crippen LogP contribution in [0.1, 0.15) is 52.9 Å². The molecule has 1 atom stereocenters. The SMILES string of the molecule is CC(C)(C)[Si](C)(C)OC1/C=C\CCCCC1. The minimum atomic E-state index is -1.58. The summed E-state index contributed by atoms with van der Waals surface area (Å²) < 4.78 is 6.43. The van der Waals surface area contributed by atoms with Crippen molar-refractivity contribution in [2.75, 3.05) is 0 Å². The molecular weight excluding hydrogens is 212 g/mol. The van der Waals surface area contributed by atoms with Gasteiger partial charge in [-0.3, -0.25) is 0 Å². The molecule has 0 radical (unpaired) electrons. The zero-order chi connectivity index (χ0) is 12.2. The van der Waals surface area contributed by atoms with E-state index >= 15 is 0 Å². The van der Waals surface area contributed by atoms with Crippen molar-refractivity contribution in [1.82, 2.24) is 0 Å². The van der Waals surface area contributed by atoms with Gasteiger partial charge in [0.1, 0.15) is 0 Å². The first-order chi connectivity index (χ1) is 7.33. The number of hydrogen-bond donors (Lipinski definition) is 0. The molecule has 0 fully saturated rings. The molecule has 1 nitrogen and oxygen atoms in total. The zero-order valence-electron chi connectivity index (χ0n) is 11.7. The van der Waals surface area contributed by atoms with Crippen LogP contribution < -0.4 is 0 Å². The summed E-state index contributed by atoms with van der Waals surface area (Å²) in [4.78, 5) is 0. The Balaban J connectivity index is 2.60. The molecule has 0 aromatic rings. The third-order valence-electron chi connectivity index (χ3n) is 3.96. The Morgan fingerprint density at radius 3 is 2.44 bits per heavy atom. The highest BCUT2D eigenvalue weighted by molar-refractivity contribution is 6.74. The first-order valence-corrected chi connectivity index (χ1v) is 9.58. The van der Waals surface area contributed by atoms with Crippen molar-refractivity contribution in [3.63, 3.8) is 0 Å². The molecule has 0 N–H and O–H groups in total.